The molecule has 0 aliphatic carbocycles. The van der Waals surface area contributed by atoms with Crippen molar-refractivity contribution in [3.8, 4) is 17.0 Å². The number of carbonyl (C=O) groups is 2. The highest BCUT2D eigenvalue weighted by Gasteiger charge is 2.26. The van der Waals surface area contributed by atoms with Gasteiger partial charge in [0.05, 0.1) is 34.6 Å². The molecule has 0 unspecified atom stereocenters. The van der Waals surface area contributed by atoms with Crippen LogP contribution in [0.15, 0.2) is 47.8 Å². The number of amides is 1. The number of aryl methyl sites for hydroxylation is 1. The van der Waals surface area contributed by atoms with E-state index in [1.165, 1.54) is 0 Å². The van der Waals surface area contributed by atoms with Crippen molar-refractivity contribution in [2.75, 3.05) is 11.5 Å². The van der Waals surface area contributed by atoms with Crippen LogP contribution in [0.4, 0.5) is 5.69 Å². The minimum atomic E-state index is -0.371. The van der Waals surface area contributed by atoms with Gasteiger partial charge in [-0.05, 0) is 62.6 Å². The van der Waals surface area contributed by atoms with Gasteiger partial charge in [0, 0.05) is 10.9 Å². The van der Waals surface area contributed by atoms with E-state index in [-0.39, 0.29) is 24.6 Å². The van der Waals surface area contributed by atoms with Gasteiger partial charge in [0.25, 0.3) is 5.91 Å². The molecule has 1 aliphatic heterocycles. The first-order chi connectivity index (χ1) is 15.4. The Morgan fingerprint density at radius 2 is 2.09 bits per heavy atom. The summed E-state index contributed by atoms with van der Waals surface area (Å²) in [6, 6.07) is 13.0. The molecular weight excluding hydrogens is 424 g/mol. The number of hydrogen-bond acceptors (Lipinski definition) is 6. The van der Waals surface area contributed by atoms with Crippen LogP contribution >= 0.6 is 11.3 Å². The van der Waals surface area contributed by atoms with E-state index < -0.39 is 0 Å². The lowest BCUT2D eigenvalue weighted by molar-refractivity contribution is -0.121. The molecule has 1 amide bonds. The third-order valence-corrected chi connectivity index (χ3v) is 5.97. The molecule has 0 bridgehead atoms. The second kappa shape index (κ2) is 9.53. The van der Waals surface area contributed by atoms with Gasteiger partial charge in [0.15, 0.2) is 6.61 Å². The zero-order chi connectivity index (χ0) is 22.7. The van der Waals surface area contributed by atoms with Crippen LogP contribution in [0.3, 0.4) is 0 Å². The summed E-state index contributed by atoms with van der Waals surface area (Å²) in [7, 11) is 0. The van der Waals surface area contributed by atoms with E-state index in [0.717, 1.165) is 34.7 Å². The number of fused-ring (bicyclic) bond motifs is 1. The average Bonchev–Trinajstić information content (AvgIpc) is 3.24. The highest BCUT2D eigenvalue weighted by atomic mass is 32.1. The number of thiazole rings is 1. The first kappa shape index (κ1) is 22.0. The molecule has 2 heterocycles. The van der Waals surface area contributed by atoms with Crippen LogP contribution in [-0.4, -0.2) is 29.6 Å². The molecule has 1 aliphatic rings. The second-order valence-electron chi connectivity index (χ2n) is 7.98. The Morgan fingerprint density at radius 3 is 2.88 bits per heavy atom. The molecule has 0 fully saturated rings. The molecule has 0 spiro atoms. The van der Waals surface area contributed by atoms with Gasteiger partial charge in [0.1, 0.15) is 5.75 Å². The van der Waals surface area contributed by atoms with Crippen molar-refractivity contribution in [1.29, 1.82) is 0 Å². The molecule has 0 N–H and O–H groups in total. The van der Waals surface area contributed by atoms with E-state index in [0.29, 0.717) is 23.5 Å². The molecule has 166 valence electrons. The maximum Gasteiger partial charge on any atom is 0.338 e. The summed E-state index contributed by atoms with van der Waals surface area (Å²) < 4.78 is 11.0. The zero-order valence-corrected chi connectivity index (χ0v) is 19.3. The summed E-state index contributed by atoms with van der Waals surface area (Å²) in [5, 5.41) is 3.15. The second-order valence-corrected chi connectivity index (χ2v) is 8.92. The van der Waals surface area contributed by atoms with Gasteiger partial charge in [-0.2, -0.15) is 0 Å². The van der Waals surface area contributed by atoms with Crippen LogP contribution in [0.2, 0.25) is 0 Å². The van der Waals surface area contributed by atoms with Crippen LogP contribution in [0, 0.1) is 0 Å². The van der Waals surface area contributed by atoms with Crippen molar-refractivity contribution >= 4 is 28.9 Å². The minimum absolute atomic E-state index is 0.0151. The van der Waals surface area contributed by atoms with Crippen LogP contribution in [0.25, 0.3) is 11.3 Å². The summed E-state index contributed by atoms with van der Waals surface area (Å²) in [6.45, 7) is 6.09. The van der Waals surface area contributed by atoms with Crippen molar-refractivity contribution in [3.05, 3.63) is 64.0 Å². The van der Waals surface area contributed by atoms with Gasteiger partial charge < -0.3 is 14.4 Å². The Kier molecular flexibility index (Phi) is 6.55. The summed E-state index contributed by atoms with van der Waals surface area (Å²) >= 11 is 1.65. The lowest BCUT2D eigenvalue weighted by Gasteiger charge is -2.30. The third kappa shape index (κ3) is 4.83. The fraction of sp³-hybridized carbons (Fsp3) is 0.320. The van der Waals surface area contributed by atoms with Crippen molar-refractivity contribution in [2.24, 2.45) is 0 Å². The predicted octanol–water partition coefficient (Wildman–Crippen LogP) is 5.25. The highest BCUT2D eigenvalue weighted by molar-refractivity contribution is 7.09. The Balaban J connectivity index is 1.62. The Hall–Kier alpha value is -3.19. The number of nitrogens with zero attached hydrogens (tertiary/aromatic N) is 2. The Bertz CT molecular complexity index is 1140. The van der Waals surface area contributed by atoms with Crippen molar-refractivity contribution in [2.45, 2.75) is 46.3 Å². The largest absolute Gasteiger partial charge is 0.482 e. The fourth-order valence-electron chi connectivity index (χ4n) is 3.57. The van der Waals surface area contributed by atoms with Crippen molar-refractivity contribution < 1.29 is 19.1 Å². The Morgan fingerprint density at radius 1 is 1.25 bits per heavy atom. The molecular formula is C25H26N2O4S. The van der Waals surface area contributed by atoms with Gasteiger partial charge in [-0.25, -0.2) is 9.78 Å². The van der Waals surface area contributed by atoms with Gasteiger partial charge in [0.2, 0.25) is 0 Å². The molecule has 0 radical (unpaired) electrons. The first-order valence-corrected chi connectivity index (χ1v) is 11.6. The number of rotatable bonds is 7. The number of anilines is 1. The molecule has 7 heteroatoms. The van der Waals surface area contributed by atoms with Crippen LogP contribution in [0.5, 0.6) is 5.75 Å². The monoisotopic (exact) mass is 450 g/mol. The van der Waals surface area contributed by atoms with Crippen LogP contribution in [-0.2, 0) is 22.5 Å². The third-order valence-electron chi connectivity index (χ3n) is 5.06. The van der Waals surface area contributed by atoms with E-state index in [4.69, 9.17) is 14.5 Å². The van der Waals surface area contributed by atoms with Crippen molar-refractivity contribution in [1.82, 2.24) is 4.98 Å². The maximum atomic E-state index is 12.8. The summed E-state index contributed by atoms with van der Waals surface area (Å²) in [6.07, 6.45) is 1.82. The summed E-state index contributed by atoms with van der Waals surface area (Å²) in [5.74, 6) is 0.159. The van der Waals surface area contributed by atoms with E-state index in [1.807, 2.05) is 43.5 Å². The molecule has 0 atom stereocenters. The molecule has 3 aromatic rings. The molecule has 1 aromatic heterocycles. The lowest BCUT2D eigenvalue weighted by Crippen LogP contribution is -2.38. The quantitative estimate of drug-likeness (QED) is 0.460. The van der Waals surface area contributed by atoms with Crippen LogP contribution < -0.4 is 9.64 Å². The number of carbonyl (C=O) groups excluding carboxylic acids is 2. The topological polar surface area (TPSA) is 68.7 Å². The molecule has 2 aromatic carbocycles. The van der Waals surface area contributed by atoms with E-state index >= 15 is 0 Å². The average molecular weight is 451 g/mol. The molecule has 6 nitrogen and oxygen atoms in total. The van der Waals surface area contributed by atoms with Gasteiger partial charge >= 0.3 is 5.97 Å². The standard InChI is InChI=1S/C25H26N2O4S/c1-4-6-23-26-20(15-32-23)18-9-10-22-21(12-18)27(24(28)14-30-22)13-17-7-5-8-19(11-17)25(29)31-16(2)3/h5,7-12,15-16H,4,6,13-14H2,1-3H3. The van der Waals surface area contributed by atoms with Crippen molar-refractivity contribution in [3.63, 3.8) is 0 Å². The maximum absolute atomic E-state index is 12.8. The normalized spacial score (nSPS) is 13.1. The number of benzene rings is 2. The van der Waals surface area contributed by atoms with Gasteiger partial charge in [-0.15, -0.1) is 11.3 Å². The molecule has 32 heavy (non-hydrogen) atoms. The molecule has 0 saturated heterocycles. The van der Waals surface area contributed by atoms with Crippen LogP contribution in [0.1, 0.15) is 48.1 Å². The Labute approximate surface area is 191 Å². The number of esters is 1. The number of aromatic nitrogens is 1. The summed E-state index contributed by atoms with van der Waals surface area (Å²) in [5.41, 5.74) is 3.86. The minimum Gasteiger partial charge on any atom is -0.482 e. The molecule has 0 saturated carbocycles. The van der Waals surface area contributed by atoms with Gasteiger partial charge in [-0.3, -0.25) is 4.79 Å². The fourth-order valence-corrected chi connectivity index (χ4v) is 4.48. The van der Waals surface area contributed by atoms with E-state index in [2.05, 4.69) is 6.92 Å². The number of hydrogen-bond donors (Lipinski definition) is 0. The zero-order valence-electron chi connectivity index (χ0n) is 18.5. The van der Waals surface area contributed by atoms with E-state index in [9.17, 15) is 9.59 Å². The first-order valence-electron chi connectivity index (χ1n) is 10.8. The van der Waals surface area contributed by atoms with Gasteiger partial charge in [-0.1, -0.05) is 19.1 Å². The van der Waals surface area contributed by atoms with E-state index in [1.54, 1.807) is 34.4 Å². The highest BCUT2D eigenvalue weighted by Crippen LogP contribution is 2.37. The number of ether oxygens (including phenoxy) is 2. The lowest BCUT2D eigenvalue weighted by atomic mass is 10.1. The SMILES string of the molecule is CCCc1nc(-c2ccc3c(c2)N(Cc2cccc(C(=O)OC(C)C)c2)C(=O)CO3)cs1. The summed E-state index contributed by atoms with van der Waals surface area (Å²) in [4.78, 5) is 31.5. The smallest absolute Gasteiger partial charge is 0.338 e. The predicted molar refractivity (Wildman–Crippen MR) is 125 cm³/mol. The molecule has 4 rings (SSSR count).